The summed E-state index contributed by atoms with van der Waals surface area (Å²) in [6.07, 6.45) is 5.03. The van der Waals surface area contributed by atoms with Crippen LogP contribution in [0, 0.1) is 0 Å². The minimum Gasteiger partial charge on any atom is -0.467 e. The molecule has 3 rings (SSSR count). The number of rotatable bonds is 11. The fourth-order valence-electron chi connectivity index (χ4n) is 4.12. The zero-order valence-corrected chi connectivity index (χ0v) is 20.6. The highest BCUT2D eigenvalue weighted by atomic mass is 31.1. The van der Waals surface area contributed by atoms with Gasteiger partial charge in [0.1, 0.15) is 5.75 Å². The second-order valence-electron chi connectivity index (χ2n) is 8.23. The maximum atomic E-state index is 6.06. The zero-order valence-electron chi connectivity index (χ0n) is 19.6. The van der Waals surface area contributed by atoms with Crippen molar-refractivity contribution in [3.05, 3.63) is 95.1 Å². The molecule has 3 nitrogen and oxygen atoms in total. The third-order valence-electron chi connectivity index (χ3n) is 5.61. The molecule has 0 N–H and O–H groups in total. The van der Waals surface area contributed by atoms with E-state index in [-0.39, 0.29) is 11.9 Å². The summed E-state index contributed by atoms with van der Waals surface area (Å²) < 4.78 is 11.3. The van der Waals surface area contributed by atoms with Crippen LogP contribution in [0.5, 0.6) is 5.75 Å². The van der Waals surface area contributed by atoms with E-state index in [1.54, 1.807) is 7.11 Å². The Kier molecular flexibility index (Phi) is 9.02. The van der Waals surface area contributed by atoms with Gasteiger partial charge in [-0.2, -0.15) is 0 Å². The lowest BCUT2D eigenvalue weighted by molar-refractivity contribution is 0.0500. The van der Waals surface area contributed by atoms with Gasteiger partial charge in [-0.1, -0.05) is 95.6 Å². The highest BCUT2D eigenvalue weighted by molar-refractivity contribution is 7.48. The van der Waals surface area contributed by atoms with Crippen molar-refractivity contribution >= 4 is 20.1 Å². The number of hydrogen-bond donors (Lipinski definition) is 0. The number of hydrogen-bond acceptors (Lipinski definition) is 3. The third kappa shape index (κ3) is 6.28. The van der Waals surface area contributed by atoms with E-state index in [0.29, 0.717) is 8.58 Å². The molecule has 0 saturated carbocycles. The Balaban J connectivity index is 2.04. The maximum absolute atomic E-state index is 6.06. The van der Waals surface area contributed by atoms with E-state index in [1.807, 2.05) is 13.3 Å². The third-order valence-corrected chi connectivity index (χ3v) is 7.41. The summed E-state index contributed by atoms with van der Waals surface area (Å²) in [6.45, 7) is 4.87. The van der Waals surface area contributed by atoms with Crippen molar-refractivity contribution in [1.29, 1.82) is 0 Å². The van der Waals surface area contributed by atoms with Crippen LogP contribution in [0.15, 0.2) is 77.8 Å². The molecule has 2 unspecified atom stereocenters. The van der Waals surface area contributed by atoms with Gasteiger partial charge in [0.2, 0.25) is 0 Å². The Morgan fingerprint density at radius 1 is 0.969 bits per heavy atom. The van der Waals surface area contributed by atoms with Gasteiger partial charge in [-0.3, -0.25) is 4.99 Å². The molecule has 0 aromatic heterocycles. The van der Waals surface area contributed by atoms with Gasteiger partial charge < -0.3 is 9.47 Å². The van der Waals surface area contributed by atoms with Crippen LogP contribution in [0.4, 0.5) is 0 Å². The lowest BCUT2D eigenvalue weighted by Crippen LogP contribution is -2.22. The first-order valence-corrected chi connectivity index (χ1v) is 12.2. The number of aliphatic imine (C=N–C) groups is 1. The average molecular weight is 448 g/mol. The molecule has 4 heteroatoms. The second kappa shape index (κ2) is 11.9. The lowest BCUT2D eigenvalue weighted by atomic mass is 9.91. The smallest absolute Gasteiger partial charge is 0.188 e. The number of methoxy groups -OCH3 is 1. The van der Waals surface area contributed by atoms with Gasteiger partial charge in [0.25, 0.3) is 0 Å². The molecule has 3 aromatic rings. The molecule has 3 aromatic carbocycles. The molecule has 0 aliphatic carbocycles. The summed E-state index contributed by atoms with van der Waals surface area (Å²) in [4.78, 5) is 4.27. The van der Waals surface area contributed by atoms with Crippen molar-refractivity contribution in [2.75, 3.05) is 21.0 Å². The molecule has 2 atom stereocenters. The van der Waals surface area contributed by atoms with E-state index in [4.69, 9.17) is 9.47 Å². The van der Waals surface area contributed by atoms with Gasteiger partial charge in [0, 0.05) is 31.1 Å². The van der Waals surface area contributed by atoms with E-state index in [2.05, 4.69) is 91.6 Å². The van der Waals surface area contributed by atoms with Crippen molar-refractivity contribution in [2.45, 2.75) is 38.3 Å². The van der Waals surface area contributed by atoms with Gasteiger partial charge in [-0.25, -0.2) is 0 Å². The van der Waals surface area contributed by atoms with Crippen LogP contribution in [0.25, 0.3) is 0 Å². The summed E-state index contributed by atoms with van der Waals surface area (Å²) >= 11 is 0. The first kappa shape index (κ1) is 24.2. The molecule has 0 fully saturated rings. The SMILES string of the molecule is CCCC(C)(Pc1ccccc1/C=N/C)c1cc(Cc2ccccc2)ccc1OCOC. The van der Waals surface area contributed by atoms with E-state index >= 15 is 0 Å². The van der Waals surface area contributed by atoms with E-state index in [9.17, 15) is 0 Å². The summed E-state index contributed by atoms with van der Waals surface area (Å²) in [5, 5.41) is 1.28. The van der Waals surface area contributed by atoms with Crippen LogP contribution in [0.2, 0.25) is 0 Å². The van der Waals surface area contributed by atoms with Crippen LogP contribution >= 0.6 is 8.58 Å². The number of benzene rings is 3. The van der Waals surface area contributed by atoms with Crippen LogP contribution in [0.1, 0.15) is 48.9 Å². The molecule has 0 saturated heterocycles. The molecule has 0 spiro atoms. The van der Waals surface area contributed by atoms with Crippen molar-refractivity contribution in [3.8, 4) is 5.75 Å². The highest BCUT2D eigenvalue weighted by Crippen LogP contribution is 2.48. The molecule has 32 heavy (non-hydrogen) atoms. The van der Waals surface area contributed by atoms with Crippen molar-refractivity contribution in [1.82, 2.24) is 0 Å². The standard InChI is InChI=1S/C28H34NO2P/c1-5-17-28(2,32-27-14-10-9-13-24(27)20-29-3)25-19-23(15-16-26(25)31-21-30-4)18-22-11-7-6-8-12-22/h6-16,19-20,32H,5,17-18,21H2,1-4H3/b29-20+. The highest BCUT2D eigenvalue weighted by Gasteiger charge is 2.30. The van der Waals surface area contributed by atoms with Gasteiger partial charge in [0.05, 0.1) is 0 Å². The summed E-state index contributed by atoms with van der Waals surface area (Å²) in [6, 6.07) is 25.8. The van der Waals surface area contributed by atoms with Gasteiger partial charge in [0.15, 0.2) is 6.79 Å². The molecule has 0 aliphatic heterocycles. The van der Waals surface area contributed by atoms with Gasteiger partial charge in [-0.15, -0.1) is 0 Å². The minimum absolute atomic E-state index is 0.0534. The number of ether oxygens (including phenoxy) is 2. The van der Waals surface area contributed by atoms with E-state index < -0.39 is 0 Å². The quantitative estimate of drug-likeness (QED) is 0.195. The molecule has 0 bridgehead atoms. The zero-order chi connectivity index (χ0) is 22.8. The fourth-order valence-corrected chi connectivity index (χ4v) is 5.89. The van der Waals surface area contributed by atoms with E-state index in [0.717, 1.165) is 25.0 Å². The van der Waals surface area contributed by atoms with Crippen molar-refractivity contribution < 1.29 is 9.47 Å². The van der Waals surface area contributed by atoms with Crippen LogP contribution in [0.3, 0.4) is 0 Å². The Hall–Kier alpha value is -2.48. The largest absolute Gasteiger partial charge is 0.467 e. The Labute approximate surface area is 194 Å². The number of nitrogens with zero attached hydrogens (tertiary/aromatic N) is 1. The van der Waals surface area contributed by atoms with Crippen LogP contribution in [-0.2, 0) is 16.3 Å². The minimum atomic E-state index is -0.0534. The molecule has 0 amide bonds. The predicted octanol–water partition coefficient (Wildman–Crippen LogP) is 6.33. The first-order chi connectivity index (χ1) is 15.6. The monoisotopic (exact) mass is 447 g/mol. The molecule has 168 valence electrons. The fraction of sp³-hybridized carbons (Fsp3) is 0.321. The molecular weight excluding hydrogens is 413 g/mol. The molecule has 0 heterocycles. The second-order valence-corrected chi connectivity index (χ2v) is 10.1. The topological polar surface area (TPSA) is 30.8 Å². The summed E-state index contributed by atoms with van der Waals surface area (Å²) in [5.41, 5.74) is 5.06. The normalized spacial score (nSPS) is 13.6. The van der Waals surface area contributed by atoms with Crippen molar-refractivity contribution in [2.24, 2.45) is 4.99 Å². The molecule has 0 radical (unpaired) electrons. The summed E-state index contributed by atoms with van der Waals surface area (Å²) in [5.74, 6) is 0.911. The Morgan fingerprint density at radius 2 is 1.72 bits per heavy atom. The average Bonchev–Trinajstić information content (AvgIpc) is 2.80. The maximum Gasteiger partial charge on any atom is 0.188 e. The van der Waals surface area contributed by atoms with Gasteiger partial charge in [-0.05, 0) is 40.9 Å². The van der Waals surface area contributed by atoms with E-state index in [1.165, 1.54) is 27.6 Å². The van der Waals surface area contributed by atoms with Crippen LogP contribution < -0.4 is 10.0 Å². The summed E-state index contributed by atoms with van der Waals surface area (Å²) in [7, 11) is 4.09. The lowest BCUT2D eigenvalue weighted by Gasteiger charge is -2.33. The first-order valence-electron chi connectivity index (χ1n) is 11.2. The molecule has 0 aliphatic rings. The van der Waals surface area contributed by atoms with Gasteiger partial charge >= 0.3 is 0 Å². The van der Waals surface area contributed by atoms with Crippen LogP contribution in [-0.4, -0.2) is 27.2 Å². The predicted molar refractivity (Wildman–Crippen MR) is 138 cm³/mol. The molecular formula is C28H34NO2P. The van der Waals surface area contributed by atoms with Crippen molar-refractivity contribution in [3.63, 3.8) is 0 Å². The Morgan fingerprint density at radius 3 is 2.44 bits per heavy atom. The Bertz CT molecular complexity index is 1020.